The largest absolute Gasteiger partial charge is 0.380 e. The Balaban J connectivity index is 1.67. The first-order valence-corrected chi connectivity index (χ1v) is 6.52. The van der Waals surface area contributed by atoms with Crippen LogP contribution in [0.5, 0.6) is 0 Å². The summed E-state index contributed by atoms with van der Waals surface area (Å²) in [5.41, 5.74) is 1.06. The van der Waals surface area contributed by atoms with Crippen LogP contribution in [0.3, 0.4) is 0 Å². The second kappa shape index (κ2) is 5.34. The first-order chi connectivity index (χ1) is 8.83. The molecule has 3 rings (SSSR count). The molecule has 2 heterocycles. The molecule has 0 saturated carbocycles. The molecule has 18 heavy (non-hydrogen) atoms. The molecular formula is C14H18FNO2. The van der Waals surface area contributed by atoms with E-state index in [2.05, 4.69) is 4.90 Å². The summed E-state index contributed by atoms with van der Waals surface area (Å²) in [6.45, 7) is 4.27. The predicted molar refractivity (Wildman–Crippen MR) is 65.9 cm³/mol. The van der Waals surface area contributed by atoms with Crippen molar-refractivity contribution >= 4 is 0 Å². The van der Waals surface area contributed by atoms with E-state index >= 15 is 0 Å². The summed E-state index contributed by atoms with van der Waals surface area (Å²) in [6, 6.07) is 7.15. The topological polar surface area (TPSA) is 21.7 Å². The van der Waals surface area contributed by atoms with Gasteiger partial charge in [-0.3, -0.25) is 4.90 Å². The smallest absolute Gasteiger partial charge is 0.123 e. The molecule has 0 bridgehead atoms. The van der Waals surface area contributed by atoms with Gasteiger partial charge in [0.2, 0.25) is 0 Å². The Hall–Kier alpha value is -0.970. The lowest BCUT2D eigenvalue weighted by Gasteiger charge is -2.36. The lowest BCUT2D eigenvalue weighted by atomic mass is 10.1. The highest BCUT2D eigenvalue weighted by Gasteiger charge is 2.29. The first-order valence-electron chi connectivity index (χ1n) is 6.52. The average molecular weight is 251 g/mol. The zero-order valence-electron chi connectivity index (χ0n) is 10.3. The van der Waals surface area contributed by atoms with E-state index in [1.165, 1.54) is 12.1 Å². The molecule has 2 aliphatic heterocycles. The minimum absolute atomic E-state index is 0.0555. The summed E-state index contributed by atoms with van der Waals surface area (Å²) < 4.78 is 24.1. The molecule has 98 valence electrons. The highest BCUT2D eigenvalue weighted by Crippen LogP contribution is 2.25. The minimum atomic E-state index is -0.199. The van der Waals surface area contributed by atoms with Crippen LogP contribution < -0.4 is 0 Å². The van der Waals surface area contributed by atoms with Crippen LogP contribution in [-0.4, -0.2) is 43.9 Å². The molecule has 4 heteroatoms. The van der Waals surface area contributed by atoms with Gasteiger partial charge in [-0.1, -0.05) is 12.1 Å². The third-order valence-electron chi connectivity index (χ3n) is 3.76. The van der Waals surface area contributed by atoms with Gasteiger partial charge in [-0.25, -0.2) is 4.39 Å². The Bertz CT molecular complexity index is 389. The van der Waals surface area contributed by atoms with Crippen molar-refractivity contribution in [3.63, 3.8) is 0 Å². The Morgan fingerprint density at radius 2 is 2.00 bits per heavy atom. The van der Waals surface area contributed by atoms with Crippen LogP contribution in [0, 0.1) is 5.82 Å². The highest BCUT2D eigenvalue weighted by molar-refractivity contribution is 5.19. The number of benzene rings is 1. The van der Waals surface area contributed by atoms with Crippen LogP contribution >= 0.6 is 0 Å². The van der Waals surface area contributed by atoms with Gasteiger partial charge in [0, 0.05) is 25.7 Å². The van der Waals surface area contributed by atoms with E-state index in [1.54, 1.807) is 0 Å². The van der Waals surface area contributed by atoms with Crippen LogP contribution in [0.25, 0.3) is 0 Å². The molecule has 0 spiro atoms. The van der Waals surface area contributed by atoms with E-state index in [1.807, 2.05) is 12.1 Å². The molecular weight excluding hydrogens is 233 g/mol. The number of nitrogens with zero attached hydrogens (tertiary/aromatic N) is 1. The van der Waals surface area contributed by atoms with Gasteiger partial charge in [-0.15, -0.1) is 0 Å². The number of morpholine rings is 1. The summed E-state index contributed by atoms with van der Waals surface area (Å²) in [6.07, 6.45) is 1.16. The highest BCUT2D eigenvalue weighted by atomic mass is 19.1. The third kappa shape index (κ3) is 2.55. The van der Waals surface area contributed by atoms with Crippen LogP contribution in [0.15, 0.2) is 24.3 Å². The number of hydrogen-bond donors (Lipinski definition) is 0. The van der Waals surface area contributed by atoms with Crippen molar-refractivity contribution in [3.8, 4) is 0 Å². The van der Waals surface area contributed by atoms with Gasteiger partial charge < -0.3 is 9.47 Å². The lowest BCUT2D eigenvalue weighted by molar-refractivity contribution is -0.0456. The van der Waals surface area contributed by atoms with Crippen molar-refractivity contribution in [2.24, 2.45) is 0 Å². The molecule has 2 aliphatic rings. The van der Waals surface area contributed by atoms with Crippen LogP contribution in [0.1, 0.15) is 18.1 Å². The maximum Gasteiger partial charge on any atom is 0.123 e. The van der Waals surface area contributed by atoms with E-state index in [-0.39, 0.29) is 11.9 Å². The Kier molecular flexibility index (Phi) is 3.59. The summed E-state index contributed by atoms with van der Waals surface area (Å²) in [7, 11) is 0. The summed E-state index contributed by atoms with van der Waals surface area (Å²) in [5.74, 6) is -0.199. The summed E-state index contributed by atoms with van der Waals surface area (Å²) in [5, 5.41) is 0. The first kappa shape index (κ1) is 12.1. The van der Waals surface area contributed by atoms with Crippen molar-refractivity contribution in [2.45, 2.75) is 18.6 Å². The van der Waals surface area contributed by atoms with Gasteiger partial charge in [-0.05, 0) is 24.1 Å². The number of rotatable bonds is 2. The summed E-state index contributed by atoms with van der Waals surface area (Å²) in [4.78, 5) is 2.44. The van der Waals surface area contributed by atoms with E-state index in [9.17, 15) is 4.39 Å². The van der Waals surface area contributed by atoms with Crippen molar-refractivity contribution < 1.29 is 13.9 Å². The molecule has 2 fully saturated rings. The molecule has 3 nitrogen and oxygen atoms in total. The second-order valence-electron chi connectivity index (χ2n) is 4.92. The molecule has 1 aromatic carbocycles. The third-order valence-corrected chi connectivity index (χ3v) is 3.76. The average Bonchev–Trinajstić information content (AvgIpc) is 2.94. The fourth-order valence-corrected chi connectivity index (χ4v) is 2.69. The molecule has 2 saturated heterocycles. The predicted octanol–water partition coefficient (Wildman–Crippen LogP) is 1.99. The van der Waals surface area contributed by atoms with E-state index in [4.69, 9.17) is 9.47 Å². The maximum absolute atomic E-state index is 12.9. The normalized spacial score (nSPS) is 29.6. The monoisotopic (exact) mass is 251 g/mol. The van der Waals surface area contributed by atoms with Crippen molar-refractivity contribution in [1.82, 2.24) is 4.90 Å². The molecule has 0 aromatic heterocycles. The van der Waals surface area contributed by atoms with Gasteiger partial charge >= 0.3 is 0 Å². The Morgan fingerprint density at radius 3 is 2.72 bits per heavy atom. The van der Waals surface area contributed by atoms with Gasteiger partial charge in [0.25, 0.3) is 0 Å². The molecule has 2 atom stereocenters. The van der Waals surface area contributed by atoms with Crippen molar-refractivity contribution in [2.75, 3.05) is 32.9 Å². The number of ether oxygens (including phenoxy) is 2. The summed E-state index contributed by atoms with van der Waals surface area (Å²) >= 11 is 0. The number of hydrogen-bond acceptors (Lipinski definition) is 3. The minimum Gasteiger partial charge on any atom is -0.380 e. The molecule has 1 aromatic rings. The van der Waals surface area contributed by atoms with Crippen LogP contribution in [0.2, 0.25) is 0 Å². The Labute approximate surface area is 106 Å². The SMILES string of the molecule is Fc1ccc([C@@H]2CN([C@H]3CCOC3)CCO2)cc1. The fraction of sp³-hybridized carbons (Fsp3) is 0.571. The standard InChI is InChI=1S/C14H18FNO2/c15-12-3-1-11(2-4-12)14-9-16(6-8-18-14)13-5-7-17-10-13/h1-4,13-14H,5-10H2/t13-,14-/m0/s1. The zero-order chi connectivity index (χ0) is 12.4. The second-order valence-corrected chi connectivity index (χ2v) is 4.92. The molecule has 0 aliphatic carbocycles. The quantitative estimate of drug-likeness (QED) is 0.802. The van der Waals surface area contributed by atoms with Crippen LogP contribution in [-0.2, 0) is 9.47 Å². The molecule has 0 unspecified atom stereocenters. The fourth-order valence-electron chi connectivity index (χ4n) is 2.69. The van der Waals surface area contributed by atoms with Gasteiger partial charge in [0.15, 0.2) is 0 Å². The number of halogens is 1. The van der Waals surface area contributed by atoms with Gasteiger partial charge in [-0.2, -0.15) is 0 Å². The molecule has 0 N–H and O–H groups in total. The van der Waals surface area contributed by atoms with E-state index < -0.39 is 0 Å². The molecule has 0 radical (unpaired) electrons. The van der Waals surface area contributed by atoms with Crippen molar-refractivity contribution in [3.05, 3.63) is 35.6 Å². The Morgan fingerprint density at radius 1 is 1.17 bits per heavy atom. The van der Waals surface area contributed by atoms with E-state index in [0.29, 0.717) is 6.04 Å². The maximum atomic E-state index is 12.9. The lowest BCUT2D eigenvalue weighted by Crippen LogP contribution is -2.45. The van der Waals surface area contributed by atoms with Crippen molar-refractivity contribution in [1.29, 1.82) is 0 Å². The van der Waals surface area contributed by atoms with Gasteiger partial charge in [0.1, 0.15) is 5.82 Å². The zero-order valence-corrected chi connectivity index (χ0v) is 10.3. The van der Waals surface area contributed by atoms with Crippen LogP contribution in [0.4, 0.5) is 4.39 Å². The van der Waals surface area contributed by atoms with Gasteiger partial charge in [0.05, 0.1) is 19.3 Å². The van der Waals surface area contributed by atoms with E-state index in [0.717, 1.165) is 44.9 Å². The molecule has 0 amide bonds.